The van der Waals surface area contributed by atoms with E-state index in [4.69, 9.17) is 23.2 Å². The molecule has 1 aromatic heterocycles. The molecule has 0 saturated heterocycles. The maximum Gasteiger partial charge on any atom is 0.254 e. The molecule has 1 N–H and O–H groups in total. The van der Waals surface area contributed by atoms with Gasteiger partial charge in [0.15, 0.2) is 0 Å². The number of rotatable bonds is 3. The smallest absolute Gasteiger partial charge is 0.254 e. The highest BCUT2D eigenvalue weighted by Crippen LogP contribution is 2.24. The minimum absolute atomic E-state index is 0.128. The Morgan fingerprint density at radius 2 is 2.00 bits per heavy atom. The van der Waals surface area contributed by atoms with E-state index in [0.717, 1.165) is 0 Å². The van der Waals surface area contributed by atoms with E-state index in [2.05, 4.69) is 38.0 Å². The summed E-state index contributed by atoms with van der Waals surface area (Å²) in [6.45, 7) is 9.12. The summed E-state index contributed by atoms with van der Waals surface area (Å²) in [5.74, 6) is 0.140. The average molecular weight is 289 g/mol. The Kier molecular flexibility index (Phi) is 5.00. The SMILES string of the molecule is CC(CNC(=O)c1ccc(Cl)nc1Cl)C(C)(C)C. The number of nitrogens with zero attached hydrogens (tertiary/aromatic N) is 1. The van der Waals surface area contributed by atoms with Gasteiger partial charge in [-0.15, -0.1) is 0 Å². The van der Waals surface area contributed by atoms with Crippen molar-refractivity contribution in [3.63, 3.8) is 0 Å². The molecule has 3 nitrogen and oxygen atoms in total. The molecule has 100 valence electrons. The summed E-state index contributed by atoms with van der Waals surface area (Å²) in [4.78, 5) is 15.8. The third-order valence-electron chi connectivity index (χ3n) is 3.11. The van der Waals surface area contributed by atoms with Crippen molar-refractivity contribution in [3.05, 3.63) is 28.0 Å². The monoisotopic (exact) mass is 288 g/mol. The molecule has 1 unspecified atom stereocenters. The number of hydrogen-bond acceptors (Lipinski definition) is 2. The van der Waals surface area contributed by atoms with E-state index in [9.17, 15) is 4.79 Å². The third kappa shape index (κ3) is 4.14. The van der Waals surface area contributed by atoms with E-state index < -0.39 is 0 Å². The Labute approximate surface area is 118 Å². The molecule has 0 aliphatic carbocycles. The zero-order valence-electron chi connectivity index (χ0n) is 11.1. The predicted molar refractivity (Wildman–Crippen MR) is 75.2 cm³/mol. The van der Waals surface area contributed by atoms with Crippen LogP contribution >= 0.6 is 23.2 Å². The summed E-state index contributed by atoms with van der Waals surface area (Å²) in [6.07, 6.45) is 0. The van der Waals surface area contributed by atoms with Gasteiger partial charge in [0, 0.05) is 6.54 Å². The summed E-state index contributed by atoms with van der Waals surface area (Å²) in [5.41, 5.74) is 0.497. The van der Waals surface area contributed by atoms with Crippen LogP contribution in [0.5, 0.6) is 0 Å². The Balaban J connectivity index is 2.66. The first-order chi connectivity index (χ1) is 8.21. The lowest BCUT2D eigenvalue weighted by atomic mass is 9.82. The number of pyridine rings is 1. The number of aromatic nitrogens is 1. The Morgan fingerprint density at radius 3 is 2.50 bits per heavy atom. The standard InChI is InChI=1S/C13H18Cl2N2O/c1-8(13(2,3)4)7-16-12(18)9-5-6-10(14)17-11(9)15/h5-6,8H,7H2,1-4H3,(H,16,18). The van der Waals surface area contributed by atoms with Crippen LogP contribution in [0.1, 0.15) is 38.1 Å². The fraction of sp³-hybridized carbons (Fsp3) is 0.538. The van der Waals surface area contributed by atoms with Crippen molar-refractivity contribution in [2.45, 2.75) is 27.7 Å². The van der Waals surface area contributed by atoms with Crippen LogP contribution in [0.2, 0.25) is 10.3 Å². The molecule has 1 amide bonds. The predicted octanol–water partition coefficient (Wildman–Crippen LogP) is 3.80. The minimum Gasteiger partial charge on any atom is -0.352 e. The van der Waals surface area contributed by atoms with Gasteiger partial charge in [-0.2, -0.15) is 0 Å². The van der Waals surface area contributed by atoms with Crippen LogP contribution < -0.4 is 5.32 Å². The summed E-state index contributed by atoms with van der Waals surface area (Å²) < 4.78 is 0. The number of carbonyl (C=O) groups is 1. The molecule has 0 aliphatic heterocycles. The van der Waals surface area contributed by atoms with Gasteiger partial charge in [-0.25, -0.2) is 4.98 Å². The highest BCUT2D eigenvalue weighted by molar-refractivity contribution is 6.34. The second-order valence-electron chi connectivity index (χ2n) is 5.45. The van der Waals surface area contributed by atoms with Crippen molar-refractivity contribution >= 4 is 29.1 Å². The Hall–Kier alpha value is -0.800. The van der Waals surface area contributed by atoms with Gasteiger partial charge in [0.1, 0.15) is 10.3 Å². The third-order valence-corrected chi connectivity index (χ3v) is 3.61. The molecule has 0 aliphatic rings. The van der Waals surface area contributed by atoms with Crippen molar-refractivity contribution in [1.82, 2.24) is 10.3 Å². The zero-order chi connectivity index (χ0) is 13.9. The zero-order valence-corrected chi connectivity index (χ0v) is 12.6. The molecule has 0 aromatic carbocycles. The topological polar surface area (TPSA) is 42.0 Å². The minimum atomic E-state index is -0.222. The van der Waals surface area contributed by atoms with E-state index in [1.54, 1.807) is 12.1 Å². The highest BCUT2D eigenvalue weighted by Gasteiger charge is 2.21. The number of hydrogen-bond donors (Lipinski definition) is 1. The van der Waals surface area contributed by atoms with Crippen LogP contribution in [0.15, 0.2) is 12.1 Å². The summed E-state index contributed by atoms with van der Waals surface area (Å²) in [6, 6.07) is 3.13. The van der Waals surface area contributed by atoms with E-state index in [1.807, 2.05) is 0 Å². The van der Waals surface area contributed by atoms with Gasteiger partial charge in [0.2, 0.25) is 0 Å². The lowest BCUT2D eigenvalue weighted by molar-refractivity contribution is 0.0937. The van der Waals surface area contributed by atoms with Gasteiger partial charge in [-0.3, -0.25) is 4.79 Å². The molecule has 0 fully saturated rings. The van der Waals surface area contributed by atoms with Gasteiger partial charge in [0.25, 0.3) is 5.91 Å². The fourth-order valence-corrected chi connectivity index (χ4v) is 1.66. The van der Waals surface area contributed by atoms with E-state index >= 15 is 0 Å². The van der Waals surface area contributed by atoms with Gasteiger partial charge in [-0.1, -0.05) is 50.9 Å². The van der Waals surface area contributed by atoms with Gasteiger partial charge >= 0.3 is 0 Å². The van der Waals surface area contributed by atoms with Crippen LogP contribution in [0.25, 0.3) is 0 Å². The Bertz CT molecular complexity index is 441. The Morgan fingerprint density at radius 1 is 1.39 bits per heavy atom. The fourth-order valence-electron chi connectivity index (χ4n) is 1.23. The van der Waals surface area contributed by atoms with Crippen molar-refractivity contribution in [2.75, 3.05) is 6.54 Å². The maximum absolute atomic E-state index is 11.9. The first-order valence-corrected chi connectivity index (χ1v) is 6.57. The molecule has 0 spiro atoms. The van der Waals surface area contributed by atoms with Gasteiger partial charge in [0.05, 0.1) is 5.56 Å². The number of halogens is 2. The van der Waals surface area contributed by atoms with Crippen molar-refractivity contribution in [1.29, 1.82) is 0 Å². The molecule has 0 saturated carbocycles. The molecule has 1 rings (SSSR count). The summed E-state index contributed by atoms with van der Waals surface area (Å²) >= 11 is 11.6. The van der Waals surface area contributed by atoms with E-state index in [-0.39, 0.29) is 21.6 Å². The van der Waals surface area contributed by atoms with Crippen LogP contribution in [-0.2, 0) is 0 Å². The lowest BCUT2D eigenvalue weighted by Crippen LogP contribution is -2.33. The van der Waals surface area contributed by atoms with Crippen LogP contribution in [0.3, 0.4) is 0 Å². The van der Waals surface area contributed by atoms with Crippen LogP contribution in [0.4, 0.5) is 0 Å². The molecular weight excluding hydrogens is 271 g/mol. The molecule has 5 heteroatoms. The molecule has 0 bridgehead atoms. The van der Waals surface area contributed by atoms with E-state index in [1.165, 1.54) is 0 Å². The maximum atomic E-state index is 11.9. The van der Waals surface area contributed by atoms with Gasteiger partial charge in [-0.05, 0) is 23.5 Å². The second kappa shape index (κ2) is 5.89. The van der Waals surface area contributed by atoms with E-state index in [0.29, 0.717) is 18.0 Å². The molecular formula is C13H18Cl2N2O. The number of amides is 1. The summed E-state index contributed by atoms with van der Waals surface area (Å²) in [5, 5.41) is 3.26. The normalized spacial score (nSPS) is 13.2. The molecule has 1 aromatic rings. The molecule has 1 heterocycles. The van der Waals surface area contributed by atoms with Crippen molar-refractivity contribution < 1.29 is 4.79 Å². The second-order valence-corrected chi connectivity index (χ2v) is 6.19. The quantitative estimate of drug-likeness (QED) is 0.860. The number of nitrogens with one attached hydrogen (secondary N) is 1. The largest absolute Gasteiger partial charge is 0.352 e. The highest BCUT2D eigenvalue weighted by atomic mass is 35.5. The molecule has 18 heavy (non-hydrogen) atoms. The van der Waals surface area contributed by atoms with Crippen molar-refractivity contribution in [3.8, 4) is 0 Å². The van der Waals surface area contributed by atoms with Gasteiger partial charge < -0.3 is 5.32 Å². The lowest BCUT2D eigenvalue weighted by Gasteiger charge is -2.27. The molecule has 1 atom stereocenters. The first kappa shape index (κ1) is 15.3. The van der Waals surface area contributed by atoms with Crippen LogP contribution in [0, 0.1) is 11.3 Å². The molecule has 0 radical (unpaired) electrons. The van der Waals surface area contributed by atoms with Crippen molar-refractivity contribution in [2.24, 2.45) is 11.3 Å². The summed E-state index contributed by atoms with van der Waals surface area (Å²) in [7, 11) is 0. The number of carbonyl (C=O) groups excluding carboxylic acids is 1. The first-order valence-electron chi connectivity index (χ1n) is 5.82. The van der Waals surface area contributed by atoms with Crippen LogP contribution in [-0.4, -0.2) is 17.4 Å². The average Bonchev–Trinajstić information content (AvgIpc) is 2.24.